The van der Waals surface area contributed by atoms with E-state index in [0.717, 1.165) is 11.1 Å². The maximum Gasteiger partial charge on any atom is 0.503 e. The number of rotatable bonds is 8. The zero-order valence-corrected chi connectivity index (χ0v) is 13.5. The van der Waals surface area contributed by atoms with Crippen LogP contribution in [-0.2, 0) is 29.2 Å². The second-order valence-corrected chi connectivity index (χ2v) is 7.52. The Morgan fingerprint density at radius 2 is 1.60 bits per heavy atom. The Morgan fingerprint density at radius 3 is 2.10 bits per heavy atom. The van der Waals surface area contributed by atoms with Gasteiger partial charge in [-0.05, 0) is 12.5 Å². The van der Waals surface area contributed by atoms with E-state index in [1.165, 1.54) is 21.3 Å². The highest BCUT2D eigenvalue weighted by Crippen LogP contribution is 2.12. The number of benzene rings is 1. The molecule has 0 bridgehead atoms. The van der Waals surface area contributed by atoms with Crippen molar-refractivity contribution in [3.05, 3.63) is 35.4 Å². The lowest BCUT2D eigenvalue weighted by Gasteiger charge is -2.23. The summed E-state index contributed by atoms with van der Waals surface area (Å²) >= 11 is 0. The van der Waals surface area contributed by atoms with Crippen molar-refractivity contribution in [2.45, 2.75) is 19.4 Å². The van der Waals surface area contributed by atoms with Crippen molar-refractivity contribution in [1.29, 1.82) is 0 Å². The predicted molar refractivity (Wildman–Crippen MR) is 77.4 cm³/mol. The minimum atomic E-state index is -2.66. The first-order valence-electron chi connectivity index (χ1n) is 6.42. The summed E-state index contributed by atoms with van der Waals surface area (Å²) in [5.41, 5.74) is 2.10. The van der Waals surface area contributed by atoms with E-state index in [0.29, 0.717) is 6.04 Å². The van der Waals surface area contributed by atoms with E-state index < -0.39 is 8.80 Å². The molecule has 0 spiro atoms. The van der Waals surface area contributed by atoms with Crippen LogP contribution in [0.3, 0.4) is 0 Å². The molecule has 0 radical (unpaired) electrons. The molecule has 112 valence electrons. The summed E-state index contributed by atoms with van der Waals surface area (Å²) in [7, 11) is 1.94. The van der Waals surface area contributed by atoms with Gasteiger partial charge in [0.1, 0.15) is 0 Å². The zero-order valence-electron chi connectivity index (χ0n) is 12.5. The fourth-order valence-corrected chi connectivity index (χ4v) is 3.23. The van der Waals surface area contributed by atoms with Crippen LogP contribution < -0.4 is 0 Å². The number of ether oxygens (including phenoxy) is 1. The van der Waals surface area contributed by atoms with E-state index in [9.17, 15) is 4.79 Å². The molecular weight excluding hydrogens is 276 g/mol. The summed E-state index contributed by atoms with van der Waals surface area (Å²) in [4.78, 5) is 11.7. The van der Waals surface area contributed by atoms with Gasteiger partial charge in [-0.15, -0.1) is 0 Å². The van der Waals surface area contributed by atoms with Crippen LogP contribution in [-0.4, -0.2) is 42.7 Å². The van der Waals surface area contributed by atoms with Crippen LogP contribution in [0.25, 0.3) is 0 Å². The van der Waals surface area contributed by atoms with Gasteiger partial charge in [0.05, 0.1) is 19.1 Å². The Labute approximate surface area is 121 Å². The lowest BCUT2D eigenvalue weighted by Crippen LogP contribution is -2.43. The zero-order chi connectivity index (χ0) is 15.0. The molecule has 0 atom stereocenters. The monoisotopic (exact) mass is 298 g/mol. The third-order valence-corrected chi connectivity index (χ3v) is 5.76. The van der Waals surface area contributed by atoms with Crippen LogP contribution in [0.4, 0.5) is 0 Å². The van der Waals surface area contributed by atoms with Gasteiger partial charge in [0.15, 0.2) is 0 Å². The maximum absolute atomic E-state index is 11.7. The summed E-state index contributed by atoms with van der Waals surface area (Å²) in [5, 5.41) is 0. The Hall–Kier alpha value is -1.21. The van der Waals surface area contributed by atoms with E-state index >= 15 is 0 Å². The molecule has 1 rings (SSSR count). The van der Waals surface area contributed by atoms with Gasteiger partial charge in [-0.2, -0.15) is 0 Å². The third-order valence-electron chi connectivity index (χ3n) is 3.07. The molecule has 0 aromatic heterocycles. The summed E-state index contributed by atoms with van der Waals surface area (Å²) in [6.07, 6.45) is 0.266. The first-order valence-corrected chi connectivity index (χ1v) is 8.35. The minimum absolute atomic E-state index is 0.229. The molecule has 0 saturated heterocycles. The smallest absolute Gasteiger partial charge is 0.465 e. The minimum Gasteiger partial charge on any atom is -0.465 e. The van der Waals surface area contributed by atoms with Crippen LogP contribution in [0.1, 0.15) is 11.1 Å². The van der Waals surface area contributed by atoms with Gasteiger partial charge in [-0.25, -0.2) is 0 Å². The molecular formula is C14H22O5Si. The number of carbonyl (C=O) groups excluding carboxylic acids is 1. The Balaban J connectivity index is 2.38. The lowest BCUT2D eigenvalue weighted by molar-refractivity contribution is -0.142. The molecule has 0 aliphatic heterocycles. The molecule has 0 N–H and O–H groups in total. The molecule has 0 amide bonds. The molecule has 0 aliphatic rings. The number of hydrogen-bond acceptors (Lipinski definition) is 5. The van der Waals surface area contributed by atoms with Crippen molar-refractivity contribution in [3.8, 4) is 0 Å². The number of hydrogen-bond donors (Lipinski definition) is 0. The molecule has 0 fully saturated rings. The van der Waals surface area contributed by atoms with E-state index in [4.69, 9.17) is 18.0 Å². The van der Waals surface area contributed by atoms with Crippen molar-refractivity contribution in [2.75, 3.05) is 27.9 Å². The Bertz CT molecular complexity index is 406. The van der Waals surface area contributed by atoms with Crippen molar-refractivity contribution in [2.24, 2.45) is 0 Å². The van der Waals surface area contributed by atoms with Crippen LogP contribution in [0.15, 0.2) is 24.3 Å². The number of aryl methyl sites for hydroxylation is 1. The van der Waals surface area contributed by atoms with Crippen molar-refractivity contribution in [1.82, 2.24) is 0 Å². The topological polar surface area (TPSA) is 54.0 Å². The van der Waals surface area contributed by atoms with E-state index in [2.05, 4.69) is 0 Å². The van der Waals surface area contributed by atoms with Crippen molar-refractivity contribution < 1.29 is 22.8 Å². The average Bonchev–Trinajstić information content (AvgIpc) is 2.47. The van der Waals surface area contributed by atoms with Gasteiger partial charge < -0.3 is 18.0 Å². The van der Waals surface area contributed by atoms with Crippen LogP contribution in [0.2, 0.25) is 6.04 Å². The molecule has 0 saturated carbocycles. The number of esters is 1. The fourth-order valence-electron chi connectivity index (χ4n) is 1.77. The molecule has 6 heteroatoms. The number of carbonyl (C=O) groups is 1. The lowest BCUT2D eigenvalue weighted by atomic mass is 10.1. The van der Waals surface area contributed by atoms with E-state index in [1.54, 1.807) is 0 Å². The average molecular weight is 298 g/mol. The summed E-state index contributed by atoms with van der Waals surface area (Å²) < 4.78 is 21.0. The fraction of sp³-hybridized carbons (Fsp3) is 0.500. The van der Waals surface area contributed by atoms with Crippen LogP contribution in [0.5, 0.6) is 0 Å². The highest BCUT2D eigenvalue weighted by atomic mass is 28.4. The second-order valence-electron chi connectivity index (χ2n) is 4.43. The Morgan fingerprint density at radius 1 is 1.05 bits per heavy atom. The molecule has 20 heavy (non-hydrogen) atoms. The summed E-state index contributed by atoms with van der Waals surface area (Å²) in [5.74, 6) is -0.264. The summed E-state index contributed by atoms with van der Waals surface area (Å²) in [6, 6.07) is 8.24. The van der Waals surface area contributed by atoms with Crippen LogP contribution >= 0.6 is 0 Å². The van der Waals surface area contributed by atoms with Gasteiger partial charge in [-0.3, -0.25) is 4.79 Å². The Kier molecular flexibility index (Phi) is 6.87. The standard InChI is InChI=1S/C14H22O5Si/c1-12-5-7-13(8-6-12)11-14(15)19-9-10-20(16-2,17-3)18-4/h5-8H,9-11H2,1-4H3. The summed E-state index contributed by atoms with van der Waals surface area (Å²) in [6.45, 7) is 2.24. The van der Waals surface area contributed by atoms with Crippen molar-refractivity contribution >= 4 is 14.8 Å². The molecule has 0 aliphatic carbocycles. The van der Waals surface area contributed by atoms with Gasteiger partial charge in [0, 0.05) is 21.3 Å². The molecule has 5 nitrogen and oxygen atoms in total. The molecule has 0 heterocycles. The van der Waals surface area contributed by atoms with Gasteiger partial charge in [-0.1, -0.05) is 29.8 Å². The first kappa shape index (κ1) is 16.8. The maximum atomic E-state index is 11.7. The SMILES string of the molecule is CO[Si](CCOC(=O)Cc1ccc(C)cc1)(OC)OC. The molecule has 1 aromatic rings. The molecule has 0 unspecified atom stereocenters. The molecule has 1 aromatic carbocycles. The van der Waals surface area contributed by atoms with Gasteiger partial charge >= 0.3 is 14.8 Å². The predicted octanol–water partition coefficient (Wildman–Crippen LogP) is 1.96. The van der Waals surface area contributed by atoms with Gasteiger partial charge in [0.2, 0.25) is 0 Å². The first-order chi connectivity index (χ1) is 9.55. The largest absolute Gasteiger partial charge is 0.503 e. The normalized spacial score (nSPS) is 11.4. The van der Waals surface area contributed by atoms with Crippen molar-refractivity contribution in [3.63, 3.8) is 0 Å². The highest BCUT2D eigenvalue weighted by molar-refractivity contribution is 6.60. The second kappa shape index (κ2) is 8.16. The van der Waals surface area contributed by atoms with E-state index in [1.807, 2.05) is 31.2 Å². The van der Waals surface area contributed by atoms with E-state index in [-0.39, 0.29) is 19.0 Å². The quantitative estimate of drug-likeness (QED) is 0.542. The highest BCUT2D eigenvalue weighted by Gasteiger charge is 2.37. The third kappa shape index (κ3) is 5.05. The van der Waals surface area contributed by atoms with Crippen LogP contribution in [0, 0.1) is 6.92 Å². The van der Waals surface area contributed by atoms with Gasteiger partial charge in [0.25, 0.3) is 0 Å².